The fraction of sp³-hybridized carbons (Fsp3) is 0.192. The molecule has 1 heterocycles. The van der Waals surface area contributed by atoms with Crippen molar-refractivity contribution in [3.8, 4) is 11.5 Å². The molecule has 1 aliphatic heterocycles. The van der Waals surface area contributed by atoms with E-state index in [0.717, 1.165) is 28.9 Å². The third kappa shape index (κ3) is 3.93. The van der Waals surface area contributed by atoms with E-state index in [0.29, 0.717) is 23.6 Å². The Labute approximate surface area is 191 Å². The van der Waals surface area contributed by atoms with Gasteiger partial charge >= 0.3 is 6.03 Å². The summed E-state index contributed by atoms with van der Waals surface area (Å²) in [5, 5.41) is 5.61. The molecule has 0 aromatic heterocycles. The average Bonchev–Trinajstić information content (AvgIpc) is 3.06. The molecule has 2 aliphatic rings. The monoisotopic (exact) mass is 441 g/mol. The molecule has 1 aliphatic carbocycles. The van der Waals surface area contributed by atoms with Crippen molar-refractivity contribution < 1.29 is 19.1 Å². The van der Waals surface area contributed by atoms with Crippen LogP contribution in [0.5, 0.6) is 11.5 Å². The highest BCUT2D eigenvalue weighted by Crippen LogP contribution is 2.39. The number of rotatable bonds is 5. The fourth-order valence-corrected chi connectivity index (χ4v) is 4.53. The maximum absolute atomic E-state index is 13.3. The number of aryl methyl sites for hydroxylation is 1. The van der Waals surface area contributed by atoms with Gasteiger partial charge in [0.1, 0.15) is 23.6 Å². The quantitative estimate of drug-likeness (QED) is 0.581. The zero-order chi connectivity index (χ0) is 22.8. The second-order valence-corrected chi connectivity index (χ2v) is 8.23. The average molecular weight is 441 g/mol. The van der Waals surface area contributed by atoms with Crippen LogP contribution in [0, 0.1) is 0 Å². The number of para-hydroxylation sites is 1. The summed E-state index contributed by atoms with van der Waals surface area (Å²) in [5.41, 5.74) is 1.35. The van der Waals surface area contributed by atoms with Crippen molar-refractivity contribution in [1.82, 2.24) is 10.2 Å². The number of hydrogen-bond donors (Lipinski definition) is 2. The van der Waals surface area contributed by atoms with E-state index in [1.807, 2.05) is 54.6 Å². The SMILES string of the molecule is O=C(CN1C(=O)N[C@@]2(CCCc3ccccc32)C1=O)Nc1ccc(Oc2ccccc2)cc1. The lowest BCUT2D eigenvalue weighted by atomic mass is 9.76. The molecule has 0 bridgehead atoms. The number of anilines is 1. The van der Waals surface area contributed by atoms with Crippen molar-refractivity contribution in [1.29, 1.82) is 0 Å². The number of hydrogen-bond acceptors (Lipinski definition) is 4. The molecule has 3 aromatic carbocycles. The third-order valence-electron chi connectivity index (χ3n) is 6.07. The van der Waals surface area contributed by atoms with Gasteiger partial charge in [0, 0.05) is 5.69 Å². The summed E-state index contributed by atoms with van der Waals surface area (Å²) in [6.45, 7) is -0.350. The molecule has 4 amide bonds. The summed E-state index contributed by atoms with van der Waals surface area (Å²) in [6, 6.07) is 23.4. The zero-order valence-corrected chi connectivity index (χ0v) is 17.9. The van der Waals surface area contributed by atoms with Crippen LogP contribution in [-0.4, -0.2) is 29.3 Å². The first-order valence-electron chi connectivity index (χ1n) is 10.9. The van der Waals surface area contributed by atoms with Crippen molar-refractivity contribution in [3.05, 3.63) is 90.0 Å². The van der Waals surface area contributed by atoms with Crippen LogP contribution in [-0.2, 0) is 21.5 Å². The molecule has 2 N–H and O–H groups in total. The lowest BCUT2D eigenvalue weighted by Gasteiger charge is -2.33. The van der Waals surface area contributed by atoms with Gasteiger partial charge in [-0.05, 0) is 66.8 Å². The molecule has 166 valence electrons. The van der Waals surface area contributed by atoms with Crippen LogP contribution >= 0.6 is 0 Å². The normalized spacial score (nSPS) is 19.2. The molecule has 33 heavy (non-hydrogen) atoms. The Hall–Kier alpha value is -4.13. The fourth-order valence-electron chi connectivity index (χ4n) is 4.53. The molecule has 7 nitrogen and oxygen atoms in total. The number of carbonyl (C=O) groups excluding carboxylic acids is 3. The number of imide groups is 1. The predicted molar refractivity (Wildman–Crippen MR) is 123 cm³/mol. The number of ether oxygens (including phenoxy) is 1. The van der Waals surface area contributed by atoms with Crippen LogP contribution in [0.2, 0.25) is 0 Å². The summed E-state index contributed by atoms with van der Waals surface area (Å²) in [6.07, 6.45) is 2.18. The minimum Gasteiger partial charge on any atom is -0.457 e. The number of urea groups is 1. The summed E-state index contributed by atoms with van der Waals surface area (Å²) in [4.78, 5) is 39.6. The Morgan fingerprint density at radius 3 is 2.42 bits per heavy atom. The second-order valence-electron chi connectivity index (χ2n) is 8.23. The smallest absolute Gasteiger partial charge is 0.325 e. The van der Waals surface area contributed by atoms with Crippen LogP contribution < -0.4 is 15.4 Å². The first-order chi connectivity index (χ1) is 16.0. The van der Waals surface area contributed by atoms with Crippen LogP contribution in [0.25, 0.3) is 0 Å². The van der Waals surface area contributed by atoms with Crippen molar-refractivity contribution in [2.24, 2.45) is 0 Å². The van der Waals surface area contributed by atoms with Gasteiger partial charge in [0.05, 0.1) is 0 Å². The number of amides is 4. The van der Waals surface area contributed by atoms with Gasteiger partial charge in [-0.2, -0.15) is 0 Å². The maximum Gasteiger partial charge on any atom is 0.325 e. The van der Waals surface area contributed by atoms with E-state index in [1.165, 1.54) is 0 Å². The Morgan fingerprint density at radius 1 is 0.939 bits per heavy atom. The highest BCUT2D eigenvalue weighted by atomic mass is 16.5. The van der Waals surface area contributed by atoms with E-state index in [2.05, 4.69) is 10.6 Å². The molecular weight excluding hydrogens is 418 g/mol. The standard InChI is InChI=1S/C26H23N3O4/c30-23(27-19-12-14-21(15-13-19)33-20-9-2-1-3-10-20)17-29-24(31)26(28-25(29)32)16-6-8-18-7-4-5-11-22(18)26/h1-5,7,9-15H,6,8,16-17H2,(H,27,30)(H,28,32)/t26-/m1/s1. The van der Waals surface area contributed by atoms with Crippen LogP contribution in [0.15, 0.2) is 78.9 Å². The molecule has 0 saturated carbocycles. The van der Waals surface area contributed by atoms with E-state index in [-0.39, 0.29) is 12.5 Å². The number of carbonyl (C=O) groups is 3. The van der Waals surface area contributed by atoms with Gasteiger partial charge in [-0.1, -0.05) is 42.5 Å². The molecule has 0 unspecified atom stereocenters. The zero-order valence-electron chi connectivity index (χ0n) is 17.9. The highest BCUT2D eigenvalue weighted by Gasteiger charge is 2.54. The van der Waals surface area contributed by atoms with Gasteiger partial charge in [-0.3, -0.25) is 14.5 Å². The number of nitrogens with zero attached hydrogens (tertiary/aromatic N) is 1. The Bertz CT molecular complexity index is 1210. The molecule has 1 atom stereocenters. The van der Waals surface area contributed by atoms with Crippen molar-refractivity contribution in [3.63, 3.8) is 0 Å². The minimum atomic E-state index is -1.08. The van der Waals surface area contributed by atoms with Gasteiger partial charge < -0.3 is 15.4 Å². The van der Waals surface area contributed by atoms with Crippen LogP contribution in [0.3, 0.4) is 0 Å². The van der Waals surface area contributed by atoms with Crippen molar-refractivity contribution in [2.45, 2.75) is 24.8 Å². The Balaban J connectivity index is 1.25. The van der Waals surface area contributed by atoms with E-state index in [4.69, 9.17) is 4.74 Å². The van der Waals surface area contributed by atoms with E-state index >= 15 is 0 Å². The lowest BCUT2D eigenvalue weighted by molar-refractivity contribution is -0.134. The van der Waals surface area contributed by atoms with Gasteiger partial charge in [-0.25, -0.2) is 4.79 Å². The lowest BCUT2D eigenvalue weighted by Crippen LogP contribution is -2.47. The van der Waals surface area contributed by atoms with Gasteiger partial charge in [-0.15, -0.1) is 0 Å². The Kier molecular flexibility index (Phi) is 5.30. The molecule has 1 spiro atoms. The van der Waals surface area contributed by atoms with E-state index in [1.54, 1.807) is 24.3 Å². The maximum atomic E-state index is 13.3. The van der Waals surface area contributed by atoms with Crippen LogP contribution in [0.1, 0.15) is 24.0 Å². The molecule has 1 fully saturated rings. The number of nitrogens with one attached hydrogen (secondary N) is 2. The topological polar surface area (TPSA) is 87.7 Å². The third-order valence-corrected chi connectivity index (χ3v) is 6.07. The summed E-state index contributed by atoms with van der Waals surface area (Å²) >= 11 is 0. The summed E-state index contributed by atoms with van der Waals surface area (Å²) < 4.78 is 5.75. The molecule has 1 saturated heterocycles. The van der Waals surface area contributed by atoms with Gasteiger partial charge in [0.25, 0.3) is 5.91 Å². The predicted octanol–water partition coefficient (Wildman–Crippen LogP) is 4.20. The van der Waals surface area contributed by atoms with Gasteiger partial charge in [0.15, 0.2) is 0 Å². The van der Waals surface area contributed by atoms with E-state index in [9.17, 15) is 14.4 Å². The minimum absolute atomic E-state index is 0.350. The van der Waals surface area contributed by atoms with Crippen LogP contribution in [0.4, 0.5) is 10.5 Å². The Morgan fingerprint density at radius 2 is 1.64 bits per heavy atom. The molecule has 5 rings (SSSR count). The van der Waals surface area contributed by atoms with Gasteiger partial charge in [0.2, 0.25) is 5.91 Å². The molecule has 3 aromatic rings. The molecule has 0 radical (unpaired) electrons. The van der Waals surface area contributed by atoms with Crippen molar-refractivity contribution in [2.75, 3.05) is 11.9 Å². The second kappa shape index (κ2) is 8.43. The van der Waals surface area contributed by atoms with Crippen molar-refractivity contribution >= 4 is 23.5 Å². The number of fused-ring (bicyclic) bond motifs is 2. The first-order valence-corrected chi connectivity index (χ1v) is 10.9. The highest BCUT2D eigenvalue weighted by molar-refractivity contribution is 6.10. The molecular formula is C26H23N3O4. The summed E-state index contributed by atoms with van der Waals surface area (Å²) in [5.74, 6) is 0.523. The first kappa shape index (κ1) is 20.8. The largest absolute Gasteiger partial charge is 0.457 e. The molecule has 7 heteroatoms. The van der Waals surface area contributed by atoms with E-state index < -0.39 is 17.5 Å². The number of benzene rings is 3. The summed E-state index contributed by atoms with van der Waals surface area (Å²) in [7, 11) is 0.